The van der Waals surface area contributed by atoms with E-state index in [0.29, 0.717) is 15.7 Å². The van der Waals surface area contributed by atoms with Crippen molar-refractivity contribution >= 4 is 51.3 Å². The first-order chi connectivity index (χ1) is 14.9. The number of fused-ring (bicyclic) bond motifs is 1. The van der Waals surface area contributed by atoms with E-state index in [-0.39, 0.29) is 17.7 Å². The number of aryl methyl sites for hydroxylation is 2. The summed E-state index contributed by atoms with van der Waals surface area (Å²) in [7, 11) is 1.37. The van der Waals surface area contributed by atoms with E-state index in [2.05, 4.69) is 52.3 Å². The fourth-order valence-electron chi connectivity index (χ4n) is 3.70. The topological polar surface area (TPSA) is 86.1 Å². The number of nitrogens with zero attached hydrogens (tertiary/aromatic N) is 3. The average molecular weight is 477 g/mol. The van der Waals surface area contributed by atoms with E-state index in [1.807, 2.05) is 0 Å². The highest BCUT2D eigenvalue weighted by molar-refractivity contribution is 7.99. The van der Waals surface area contributed by atoms with Crippen LogP contribution in [0.25, 0.3) is 11.4 Å². The van der Waals surface area contributed by atoms with Gasteiger partial charge in [-0.05, 0) is 51.7 Å². The van der Waals surface area contributed by atoms with Crippen LogP contribution in [0.4, 0.5) is 5.00 Å². The molecule has 0 aromatic carbocycles. The van der Waals surface area contributed by atoms with Gasteiger partial charge in [0.25, 0.3) is 0 Å². The van der Waals surface area contributed by atoms with Gasteiger partial charge in [0, 0.05) is 26.7 Å². The number of thiophene rings is 2. The summed E-state index contributed by atoms with van der Waals surface area (Å²) in [6, 6.07) is 2.25. The molecule has 3 aromatic rings. The lowest BCUT2D eigenvalue weighted by atomic mass is 10.1. The number of hydrogen-bond donors (Lipinski definition) is 1. The molecule has 3 heterocycles. The standard InChI is InChI=1S/C21H24N4O3S3/c1-11(2)25-18(13-8-12(3)29-9-13)23-24-21(25)30-10-16(26)22-19-17(20(27)28-4)14-6-5-7-15(14)31-19/h8-9,11H,5-7,10H2,1-4H3,(H,22,26). The number of methoxy groups -OCH3 is 1. The first kappa shape index (κ1) is 22.0. The number of ether oxygens (including phenoxy) is 1. The SMILES string of the molecule is COC(=O)c1c(NC(=O)CSc2nnc(-c3csc(C)c3)n2C(C)C)sc2c1CCC2. The van der Waals surface area contributed by atoms with Gasteiger partial charge in [-0.15, -0.1) is 32.9 Å². The number of rotatable bonds is 7. The Bertz CT molecular complexity index is 1130. The molecule has 0 saturated carbocycles. The largest absolute Gasteiger partial charge is 0.465 e. The third-order valence-corrected chi connectivity index (χ3v) is 8.08. The van der Waals surface area contributed by atoms with Gasteiger partial charge in [-0.25, -0.2) is 4.79 Å². The molecule has 0 saturated heterocycles. The number of hydrogen-bond acceptors (Lipinski definition) is 8. The molecule has 7 nitrogen and oxygen atoms in total. The maximum Gasteiger partial charge on any atom is 0.341 e. The van der Waals surface area contributed by atoms with Crippen LogP contribution in [0.3, 0.4) is 0 Å². The molecule has 1 amide bonds. The molecule has 31 heavy (non-hydrogen) atoms. The summed E-state index contributed by atoms with van der Waals surface area (Å²) in [6.45, 7) is 6.21. The van der Waals surface area contributed by atoms with Crippen LogP contribution in [-0.2, 0) is 22.4 Å². The highest BCUT2D eigenvalue weighted by Gasteiger charge is 2.28. The van der Waals surface area contributed by atoms with E-state index < -0.39 is 5.97 Å². The lowest BCUT2D eigenvalue weighted by Crippen LogP contribution is -2.17. The summed E-state index contributed by atoms with van der Waals surface area (Å²) < 4.78 is 7.01. The third-order valence-electron chi connectivity index (χ3n) is 5.07. The van der Waals surface area contributed by atoms with Gasteiger partial charge in [0.15, 0.2) is 11.0 Å². The molecule has 0 radical (unpaired) electrons. The Morgan fingerprint density at radius 3 is 2.81 bits per heavy atom. The molecule has 0 aliphatic heterocycles. The molecular weight excluding hydrogens is 452 g/mol. The van der Waals surface area contributed by atoms with Crippen LogP contribution in [0.15, 0.2) is 16.6 Å². The van der Waals surface area contributed by atoms with Crippen LogP contribution in [0.2, 0.25) is 0 Å². The molecular formula is C21H24N4O3S3. The van der Waals surface area contributed by atoms with Crippen LogP contribution in [0.5, 0.6) is 0 Å². The Morgan fingerprint density at radius 2 is 2.13 bits per heavy atom. The second-order valence-electron chi connectivity index (χ2n) is 7.61. The summed E-state index contributed by atoms with van der Waals surface area (Å²) in [4.78, 5) is 27.4. The van der Waals surface area contributed by atoms with Gasteiger partial charge in [0.05, 0.1) is 18.4 Å². The number of thioether (sulfide) groups is 1. The van der Waals surface area contributed by atoms with Crippen molar-refractivity contribution in [3.05, 3.63) is 32.3 Å². The van der Waals surface area contributed by atoms with E-state index in [4.69, 9.17) is 4.74 Å². The lowest BCUT2D eigenvalue weighted by Gasteiger charge is -2.13. The molecule has 10 heteroatoms. The zero-order valence-electron chi connectivity index (χ0n) is 17.9. The van der Waals surface area contributed by atoms with Crippen molar-refractivity contribution in [2.24, 2.45) is 0 Å². The van der Waals surface area contributed by atoms with Crippen molar-refractivity contribution in [3.8, 4) is 11.4 Å². The Kier molecular flexibility index (Phi) is 6.49. The fraction of sp³-hybridized carbons (Fsp3) is 0.429. The van der Waals surface area contributed by atoms with Crippen LogP contribution < -0.4 is 5.32 Å². The summed E-state index contributed by atoms with van der Waals surface area (Å²) in [5, 5.41) is 15.0. The lowest BCUT2D eigenvalue weighted by molar-refractivity contribution is -0.113. The van der Waals surface area contributed by atoms with Crippen molar-refractivity contribution in [2.45, 2.75) is 51.2 Å². The van der Waals surface area contributed by atoms with E-state index in [9.17, 15) is 9.59 Å². The first-order valence-electron chi connectivity index (χ1n) is 10.0. The van der Waals surface area contributed by atoms with Gasteiger partial charge >= 0.3 is 5.97 Å². The number of amides is 1. The predicted octanol–water partition coefficient (Wildman–Crippen LogP) is 4.96. The quantitative estimate of drug-likeness (QED) is 0.383. The molecule has 1 N–H and O–H groups in total. The number of aromatic nitrogens is 3. The van der Waals surface area contributed by atoms with Crippen molar-refractivity contribution in [1.29, 1.82) is 0 Å². The minimum absolute atomic E-state index is 0.155. The Hall–Kier alpha value is -2.17. The van der Waals surface area contributed by atoms with Gasteiger partial charge in [-0.2, -0.15) is 0 Å². The third kappa shape index (κ3) is 4.42. The van der Waals surface area contributed by atoms with Crippen molar-refractivity contribution in [1.82, 2.24) is 14.8 Å². The summed E-state index contributed by atoms with van der Waals surface area (Å²) in [5.74, 6) is 0.417. The Morgan fingerprint density at radius 1 is 1.32 bits per heavy atom. The number of carbonyl (C=O) groups excluding carboxylic acids is 2. The molecule has 0 spiro atoms. The molecule has 1 aliphatic carbocycles. The number of esters is 1. The Labute approximate surface area is 193 Å². The molecule has 1 aliphatic rings. The number of nitrogens with one attached hydrogen (secondary N) is 1. The second kappa shape index (κ2) is 9.13. The normalized spacial score (nSPS) is 12.9. The van der Waals surface area contributed by atoms with Crippen LogP contribution in [0.1, 0.15) is 52.0 Å². The zero-order chi connectivity index (χ0) is 22.1. The van der Waals surface area contributed by atoms with Crippen LogP contribution in [-0.4, -0.2) is 39.5 Å². The summed E-state index contributed by atoms with van der Waals surface area (Å²) >= 11 is 4.50. The van der Waals surface area contributed by atoms with Gasteiger partial charge < -0.3 is 10.1 Å². The monoisotopic (exact) mass is 476 g/mol. The molecule has 0 atom stereocenters. The molecule has 0 unspecified atom stereocenters. The van der Waals surface area contributed by atoms with E-state index in [0.717, 1.165) is 36.2 Å². The average Bonchev–Trinajstić information content (AvgIpc) is 3.48. The predicted molar refractivity (Wildman–Crippen MR) is 125 cm³/mol. The number of anilines is 1. The minimum Gasteiger partial charge on any atom is -0.465 e. The highest BCUT2D eigenvalue weighted by Crippen LogP contribution is 2.39. The van der Waals surface area contributed by atoms with Crippen molar-refractivity contribution in [2.75, 3.05) is 18.2 Å². The Balaban J connectivity index is 1.49. The molecule has 0 bridgehead atoms. The van der Waals surface area contributed by atoms with E-state index in [1.165, 1.54) is 40.0 Å². The molecule has 164 valence electrons. The van der Waals surface area contributed by atoms with Crippen LogP contribution in [0, 0.1) is 6.92 Å². The van der Waals surface area contributed by atoms with Gasteiger partial charge in [0.1, 0.15) is 5.00 Å². The van der Waals surface area contributed by atoms with E-state index >= 15 is 0 Å². The van der Waals surface area contributed by atoms with Crippen molar-refractivity contribution in [3.63, 3.8) is 0 Å². The maximum absolute atomic E-state index is 12.7. The van der Waals surface area contributed by atoms with Crippen LogP contribution >= 0.6 is 34.4 Å². The van der Waals surface area contributed by atoms with Crippen molar-refractivity contribution < 1.29 is 14.3 Å². The number of carbonyl (C=O) groups is 2. The second-order valence-corrected chi connectivity index (χ2v) is 10.8. The summed E-state index contributed by atoms with van der Waals surface area (Å²) in [6.07, 6.45) is 2.83. The maximum atomic E-state index is 12.7. The highest BCUT2D eigenvalue weighted by atomic mass is 32.2. The molecule has 0 fully saturated rings. The molecule has 3 aromatic heterocycles. The summed E-state index contributed by atoms with van der Waals surface area (Å²) in [5.41, 5.74) is 2.57. The fourth-order valence-corrected chi connectivity index (χ4v) is 6.54. The molecule has 4 rings (SSSR count). The van der Waals surface area contributed by atoms with Gasteiger partial charge in [-0.3, -0.25) is 9.36 Å². The zero-order valence-corrected chi connectivity index (χ0v) is 20.3. The minimum atomic E-state index is -0.391. The van der Waals surface area contributed by atoms with Gasteiger partial charge in [-0.1, -0.05) is 11.8 Å². The smallest absolute Gasteiger partial charge is 0.341 e. The first-order valence-corrected chi connectivity index (χ1v) is 12.7. The van der Waals surface area contributed by atoms with E-state index in [1.54, 1.807) is 11.3 Å². The van der Waals surface area contributed by atoms with Gasteiger partial charge in [0.2, 0.25) is 5.91 Å².